The highest BCUT2D eigenvalue weighted by Gasteiger charge is 2.66. The van der Waals surface area contributed by atoms with Crippen molar-refractivity contribution < 1.29 is 34.2 Å². The Labute approximate surface area is 219 Å². The minimum atomic E-state index is -2.69. The van der Waals surface area contributed by atoms with Gasteiger partial charge in [0.1, 0.15) is 5.75 Å². The van der Waals surface area contributed by atoms with Crippen molar-refractivity contribution in [3.8, 4) is 5.75 Å². The molecule has 0 saturated heterocycles. The van der Waals surface area contributed by atoms with Gasteiger partial charge < -0.3 is 31.9 Å². The summed E-state index contributed by atoms with van der Waals surface area (Å²) in [5.41, 5.74) is 9.61. The zero-order chi connectivity index (χ0) is 28.3. The van der Waals surface area contributed by atoms with Crippen LogP contribution in [0.5, 0.6) is 5.75 Å². The van der Waals surface area contributed by atoms with E-state index < -0.39 is 64.1 Å². The first kappa shape index (κ1) is 27.2. The van der Waals surface area contributed by atoms with Gasteiger partial charge in [-0.15, -0.1) is 0 Å². The summed E-state index contributed by atoms with van der Waals surface area (Å²) in [6, 6.07) is 1.63. The SMILES string of the molecule is CC(C)CN=C(N)Nc1cc(N(C)C)c2c(c1O)C(=O)C1C(=O)[C@]3(O)C(=O)C(C(N)=O)C(=O)C[C@@H]3C[C@@H]1C2. The maximum absolute atomic E-state index is 13.8. The fourth-order valence-electron chi connectivity index (χ4n) is 5.97. The summed E-state index contributed by atoms with van der Waals surface area (Å²) in [5, 5.41) is 25.3. The molecule has 2 unspecified atom stereocenters. The second-order valence-electron chi connectivity index (χ2n) is 11.0. The average Bonchev–Trinajstić information content (AvgIpc) is 2.81. The number of carbonyl (C=O) groups is 5. The van der Waals surface area contributed by atoms with Gasteiger partial charge in [-0.25, -0.2) is 0 Å². The van der Waals surface area contributed by atoms with Crippen LogP contribution in [-0.2, 0) is 25.6 Å². The van der Waals surface area contributed by atoms with Crippen LogP contribution in [0.2, 0.25) is 0 Å². The minimum Gasteiger partial charge on any atom is -0.505 e. The molecule has 0 spiro atoms. The maximum atomic E-state index is 13.8. The Morgan fingerprint density at radius 2 is 1.84 bits per heavy atom. The van der Waals surface area contributed by atoms with Crippen LogP contribution in [0.25, 0.3) is 0 Å². The molecule has 38 heavy (non-hydrogen) atoms. The Bertz CT molecular complexity index is 1290. The molecule has 0 aromatic heterocycles. The summed E-state index contributed by atoms with van der Waals surface area (Å²) >= 11 is 0. The van der Waals surface area contributed by atoms with Crippen molar-refractivity contribution in [1.82, 2.24) is 0 Å². The van der Waals surface area contributed by atoms with E-state index in [1.807, 2.05) is 13.8 Å². The summed E-state index contributed by atoms with van der Waals surface area (Å²) in [6.45, 7) is 4.36. The number of amides is 1. The molecule has 4 rings (SSSR count). The molecular weight excluding hydrogens is 494 g/mol. The van der Waals surface area contributed by atoms with E-state index in [-0.39, 0.29) is 42.4 Å². The zero-order valence-corrected chi connectivity index (χ0v) is 21.8. The number of guanidine groups is 1. The van der Waals surface area contributed by atoms with Gasteiger partial charge in [-0.2, -0.15) is 0 Å². The van der Waals surface area contributed by atoms with Crippen LogP contribution in [0.1, 0.15) is 42.6 Å². The predicted octanol–water partition coefficient (Wildman–Crippen LogP) is -0.224. The number of phenols is 1. The first-order chi connectivity index (χ1) is 17.7. The number of nitrogens with one attached hydrogen (secondary N) is 1. The number of hydrogen-bond acceptors (Lipinski definition) is 9. The molecule has 0 radical (unpaired) electrons. The molecule has 3 aliphatic carbocycles. The van der Waals surface area contributed by atoms with Gasteiger partial charge in [0.25, 0.3) is 0 Å². The van der Waals surface area contributed by atoms with E-state index in [0.29, 0.717) is 17.8 Å². The molecule has 0 heterocycles. The van der Waals surface area contributed by atoms with Crippen LogP contribution in [0.3, 0.4) is 0 Å². The van der Waals surface area contributed by atoms with Crippen molar-refractivity contribution >= 4 is 46.4 Å². The van der Waals surface area contributed by atoms with Gasteiger partial charge in [0.15, 0.2) is 40.6 Å². The lowest BCUT2D eigenvalue weighted by Gasteiger charge is -2.48. The van der Waals surface area contributed by atoms with E-state index >= 15 is 0 Å². The Balaban J connectivity index is 1.80. The Morgan fingerprint density at radius 1 is 1.18 bits per heavy atom. The summed E-state index contributed by atoms with van der Waals surface area (Å²) in [7, 11) is 3.52. The number of ketones is 4. The highest BCUT2D eigenvalue weighted by atomic mass is 16.3. The number of carbonyl (C=O) groups excluding carboxylic acids is 5. The maximum Gasteiger partial charge on any atom is 0.235 e. The Morgan fingerprint density at radius 3 is 2.42 bits per heavy atom. The third-order valence-corrected chi connectivity index (χ3v) is 7.75. The van der Waals surface area contributed by atoms with Crippen molar-refractivity contribution in [1.29, 1.82) is 0 Å². The molecular formula is C26H33N5O7. The topological polar surface area (TPSA) is 205 Å². The number of benzene rings is 1. The fourth-order valence-corrected chi connectivity index (χ4v) is 5.97. The van der Waals surface area contributed by atoms with Crippen molar-refractivity contribution in [2.24, 2.45) is 46.0 Å². The summed E-state index contributed by atoms with van der Waals surface area (Å²) in [6.07, 6.45) is -0.164. The van der Waals surface area contributed by atoms with Gasteiger partial charge in [0.2, 0.25) is 5.91 Å². The molecule has 1 aromatic rings. The highest BCUT2D eigenvalue weighted by molar-refractivity contribution is 6.31. The number of anilines is 2. The van der Waals surface area contributed by atoms with Crippen molar-refractivity contribution in [3.63, 3.8) is 0 Å². The van der Waals surface area contributed by atoms with Crippen LogP contribution in [0, 0.1) is 29.6 Å². The van der Waals surface area contributed by atoms with Gasteiger partial charge in [-0.3, -0.25) is 29.0 Å². The molecule has 0 aliphatic heterocycles. The zero-order valence-electron chi connectivity index (χ0n) is 21.8. The summed E-state index contributed by atoms with van der Waals surface area (Å²) in [4.78, 5) is 70.8. The molecule has 1 amide bonds. The van der Waals surface area contributed by atoms with Crippen molar-refractivity contribution in [2.75, 3.05) is 30.9 Å². The number of hydrogen-bond donors (Lipinski definition) is 5. The molecule has 2 saturated carbocycles. The van der Waals surface area contributed by atoms with Crippen molar-refractivity contribution in [2.45, 2.75) is 38.7 Å². The standard InChI is InChI=1S/C26H33N5O7/c1-10(2)9-29-25(28)30-14-8-15(31(3)4)13-6-11-5-12-7-16(32)19(24(27)37)23(36)26(12,38)22(35)17(11)21(34)18(13)20(14)33/h8,10-12,17,19,33,38H,5-7,9H2,1-4H3,(H2,27,37)(H3,28,29,30)/t11-,12+,17?,19?,26+/m1/s1. The van der Waals surface area contributed by atoms with Gasteiger partial charge in [-0.1, -0.05) is 13.8 Å². The number of primary amides is 1. The highest BCUT2D eigenvalue weighted by Crippen LogP contribution is 2.52. The number of Topliss-reactive ketones (excluding diaryl/α,β-unsaturated/α-hetero) is 4. The second-order valence-corrected chi connectivity index (χ2v) is 11.0. The molecule has 5 atom stereocenters. The number of nitrogens with zero attached hydrogens (tertiary/aromatic N) is 2. The molecule has 204 valence electrons. The molecule has 12 heteroatoms. The van der Waals surface area contributed by atoms with E-state index in [9.17, 15) is 34.2 Å². The number of rotatable bonds is 5. The number of nitrogens with two attached hydrogens (primary N) is 2. The largest absolute Gasteiger partial charge is 0.505 e. The normalized spacial score (nSPS) is 29.1. The van der Waals surface area contributed by atoms with Gasteiger partial charge >= 0.3 is 0 Å². The number of fused-ring (bicyclic) bond motifs is 3. The van der Waals surface area contributed by atoms with Gasteiger partial charge in [0.05, 0.1) is 17.2 Å². The van der Waals surface area contributed by atoms with Gasteiger partial charge in [-0.05, 0) is 36.3 Å². The van der Waals surface area contributed by atoms with Crippen LogP contribution in [-0.4, -0.2) is 71.5 Å². The Kier molecular flexibility index (Phi) is 6.81. The van der Waals surface area contributed by atoms with E-state index in [4.69, 9.17) is 11.5 Å². The quantitative estimate of drug-likeness (QED) is 0.147. The van der Waals surface area contributed by atoms with Crippen LogP contribution in [0.4, 0.5) is 11.4 Å². The number of aliphatic imine (C=N–C) groups is 1. The van der Waals surface area contributed by atoms with Gasteiger partial charge in [0, 0.05) is 38.7 Å². The van der Waals surface area contributed by atoms with E-state index in [2.05, 4.69) is 10.3 Å². The van der Waals surface area contributed by atoms with Crippen LogP contribution in [0.15, 0.2) is 11.1 Å². The molecule has 12 nitrogen and oxygen atoms in total. The Hall–Kier alpha value is -3.80. The molecule has 0 bridgehead atoms. The van der Waals surface area contributed by atoms with Crippen molar-refractivity contribution in [3.05, 3.63) is 17.2 Å². The van der Waals surface area contributed by atoms with E-state index in [0.717, 1.165) is 0 Å². The number of phenolic OH excluding ortho intramolecular Hbond substituents is 1. The monoisotopic (exact) mass is 527 g/mol. The first-order valence-corrected chi connectivity index (χ1v) is 12.5. The summed E-state index contributed by atoms with van der Waals surface area (Å²) < 4.78 is 0. The smallest absolute Gasteiger partial charge is 0.235 e. The summed E-state index contributed by atoms with van der Waals surface area (Å²) in [5.74, 6) is -10.3. The number of aromatic hydroxyl groups is 1. The minimum absolute atomic E-state index is 0.0284. The third kappa shape index (κ3) is 4.12. The lowest BCUT2D eigenvalue weighted by molar-refractivity contribution is -0.175. The van der Waals surface area contributed by atoms with E-state index in [1.54, 1.807) is 25.1 Å². The predicted molar refractivity (Wildman–Crippen MR) is 138 cm³/mol. The van der Waals surface area contributed by atoms with Crippen LogP contribution < -0.4 is 21.7 Å². The van der Waals surface area contributed by atoms with E-state index in [1.165, 1.54) is 0 Å². The average molecular weight is 528 g/mol. The number of aliphatic hydroxyl groups is 1. The molecule has 3 aliphatic rings. The lowest BCUT2D eigenvalue weighted by Crippen LogP contribution is -2.68. The lowest BCUT2D eigenvalue weighted by atomic mass is 9.53. The first-order valence-electron chi connectivity index (χ1n) is 12.5. The molecule has 1 aromatic carbocycles. The molecule has 7 N–H and O–H groups in total. The van der Waals surface area contributed by atoms with Crippen LogP contribution >= 0.6 is 0 Å². The fraction of sp³-hybridized carbons (Fsp3) is 0.538. The second kappa shape index (κ2) is 9.50. The third-order valence-electron chi connectivity index (χ3n) is 7.75. The molecule has 2 fully saturated rings.